The highest BCUT2D eigenvalue weighted by Gasteiger charge is 2.29. The fraction of sp³-hybridized carbons (Fsp3) is 0.353. The van der Waals surface area contributed by atoms with E-state index >= 15 is 0 Å². The molecule has 8 nitrogen and oxygen atoms in total. The molecule has 10 heteroatoms. The Morgan fingerprint density at radius 3 is 2.93 bits per heavy atom. The number of nitrogens with one attached hydrogen (secondary N) is 1. The molecule has 3 aromatic rings. The standard InChI is InChI=1S/C17H18FN7OS/c1-9-23-24-16(27-9)11-4-10-5-15(21-7-14(10)20-6-11)22-17(26)25-3-2-13(19)12(18)8-25/h4-7,12-13H,2-3,8,19H2,1H3,(H,21,22,26)/t12-,13-/m1/s1. The molecule has 3 N–H and O–H groups in total. The van der Waals surface area contributed by atoms with Gasteiger partial charge in [0, 0.05) is 29.7 Å². The van der Waals surface area contributed by atoms with E-state index < -0.39 is 12.2 Å². The zero-order valence-electron chi connectivity index (χ0n) is 14.6. The van der Waals surface area contributed by atoms with Crippen LogP contribution in [0.5, 0.6) is 0 Å². The number of piperidine rings is 1. The Morgan fingerprint density at radius 2 is 2.19 bits per heavy atom. The van der Waals surface area contributed by atoms with Crippen molar-refractivity contribution in [1.29, 1.82) is 0 Å². The maximum atomic E-state index is 13.8. The van der Waals surface area contributed by atoms with E-state index in [1.807, 2.05) is 13.0 Å². The van der Waals surface area contributed by atoms with Crippen molar-refractivity contribution in [3.05, 3.63) is 29.5 Å². The van der Waals surface area contributed by atoms with Gasteiger partial charge < -0.3 is 10.6 Å². The number of amides is 2. The van der Waals surface area contributed by atoms with Gasteiger partial charge in [-0.15, -0.1) is 10.2 Å². The van der Waals surface area contributed by atoms with Crippen molar-refractivity contribution >= 4 is 34.1 Å². The molecule has 0 unspecified atom stereocenters. The molecule has 3 aromatic heterocycles. The lowest BCUT2D eigenvalue weighted by Gasteiger charge is -2.32. The molecule has 0 radical (unpaired) electrons. The minimum absolute atomic E-state index is 0.0112. The summed E-state index contributed by atoms with van der Waals surface area (Å²) in [4.78, 5) is 22.4. The second kappa shape index (κ2) is 7.12. The molecule has 4 heterocycles. The first-order valence-electron chi connectivity index (χ1n) is 8.51. The van der Waals surface area contributed by atoms with Gasteiger partial charge in [-0.2, -0.15) is 0 Å². The molecule has 0 bridgehead atoms. The van der Waals surface area contributed by atoms with E-state index in [0.29, 0.717) is 24.3 Å². The minimum atomic E-state index is -1.21. The molecule has 27 heavy (non-hydrogen) atoms. The van der Waals surface area contributed by atoms with Crippen LogP contribution in [0.25, 0.3) is 21.5 Å². The van der Waals surface area contributed by atoms with Gasteiger partial charge in [0.1, 0.15) is 22.0 Å². The summed E-state index contributed by atoms with van der Waals surface area (Å²) in [6.45, 7) is 2.30. The molecule has 4 rings (SSSR count). The number of aromatic nitrogens is 4. The third-order valence-electron chi connectivity index (χ3n) is 4.45. The predicted octanol–water partition coefficient (Wildman–Crippen LogP) is 2.36. The molecular formula is C17H18FN7OS. The number of carbonyl (C=O) groups excluding carboxylic acids is 1. The zero-order valence-corrected chi connectivity index (χ0v) is 15.4. The second-order valence-electron chi connectivity index (χ2n) is 6.46. The van der Waals surface area contributed by atoms with Crippen molar-refractivity contribution in [1.82, 2.24) is 25.1 Å². The van der Waals surface area contributed by atoms with E-state index in [4.69, 9.17) is 5.73 Å². The van der Waals surface area contributed by atoms with Crippen LogP contribution in [0.3, 0.4) is 0 Å². The highest BCUT2D eigenvalue weighted by molar-refractivity contribution is 7.14. The highest BCUT2D eigenvalue weighted by atomic mass is 32.1. The average Bonchev–Trinajstić information content (AvgIpc) is 3.09. The van der Waals surface area contributed by atoms with Crippen molar-refractivity contribution in [2.24, 2.45) is 5.73 Å². The number of likely N-dealkylation sites (tertiary alicyclic amines) is 1. The molecule has 1 aliphatic heterocycles. The predicted molar refractivity (Wildman–Crippen MR) is 101 cm³/mol. The van der Waals surface area contributed by atoms with E-state index in [1.165, 1.54) is 16.2 Å². The summed E-state index contributed by atoms with van der Waals surface area (Å²) in [6.07, 6.45) is 2.54. The maximum absolute atomic E-state index is 13.8. The number of halogens is 1. The quantitative estimate of drug-likeness (QED) is 0.698. The first-order chi connectivity index (χ1) is 13.0. The molecule has 1 saturated heterocycles. The average molecular weight is 387 g/mol. The van der Waals surface area contributed by atoms with E-state index in [-0.39, 0.29) is 12.6 Å². The van der Waals surface area contributed by atoms with Crippen LogP contribution in [-0.4, -0.2) is 56.4 Å². The molecule has 0 saturated carbocycles. The molecule has 140 valence electrons. The lowest BCUT2D eigenvalue weighted by atomic mass is 10.0. The number of rotatable bonds is 2. The SMILES string of the molecule is Cc1nnc(-c2cnc3cnc(NC(=O)N4CC[C@@H](N)[C@H](F)C4)cc3c2)s1. The number of fused-ring (bicyclic) bond motifs is 1. The molecular weight excluding hydrogens is 369 g/mol. The van der Waals surface area contributed by atoms with Crippen LogP contribution in [0.1, 0.15) is 11.4 Å². The molecule has 2 amide bonds. The molecule has 1 fully saturated rings. The molecule has 0 aliphatic carbocycles. The summed E-state index contributed by atoms with van der Waals surface area (Å²) in [5.74, 6) is 0.380. The Labute approximate surface area is 158 Å². The van der Waals surface area contributed by atoms with Crippen LogP contribution in [-0.2, 0) is 0 Å². The Hall–Kier alpha value is -2.72. The number of alkyl halides is 1. The van der Waals surface area contributed by atoms with Crippen molar-refractivity contribution in [3.63, 3.8) is 0 Å². The lowest BCUT2D eigenvalue weighted by Crippen LogP contribution is -2.51. The van der Waals surface area contributed by atoms with Gasteiger partial charge in [-0.1, -0.05) is 11.3 Å². The Bertz CT molecular complexity index is 994. The van der Waals surface area contributed by atoms with Crippen LogP contribution in [0.4, 0.5) is 15.0 Å². The highest BCUT2D eigenvalue weighted by Crippen LogP contribution is 2.26. The normalized spacial score (nSPS) is 20.0. The second-order valence-corrected chi connectivity index (χ2v) is 7.64. The Kier molecular flexibility index (Phi) is 4.66. The summed E-state index contributed by atoms with van der Waals surface area (Å²) in [5, 5.41) is 13.3. The van der Waals surface area contributed by atoms with Gasteiger partial charge >= 0.3 is 6.03 Å². The largest absolute Gasteiger partial charge is 0.325 e. The number of hydrogen-bond donors (Lipinski definition) is 2. The summed E-state index contributed by atoms with van der Waals surface area (Å²) in [5.41, 5.74) is 7.21. The fourth-order valence-electron chi connectivity index (χ4n) is 2.93. The number of carbonyl (C=O) groups is 1. The summed E-state index contributed by atoms with van der Waals surface area (Å²) < 4.78 is 13.8. The first-order valence-corrected chi connectivity index (χ1v) is 9.33. The van der Waals surface area contributed by atoms with Crippen molar-refractivity contribution < 1.29 is 9.18 Å². The van der Waals surface area contributed by atoms with Crippen molar-refractivity contribution in [2.75, 3.05) is 18.4 Å². The van der Waals surface area contributed by atoms with Crippen molar-refractivity contribution in [2.45, 2.75) is 25.6 Å². The third-order valence-corrected chi connectivity index (χ3v) is 5.34. The summed E-state index contributed by atoms with van der Waals surface area (Å²) in [7, 11) is 0. The van der Waals surface area contributed by atoms with Gasteiger partial charge in [0.2, 0.25) is 0 Å². The summed E-state index contributed by atoms with van der Waals surface area (Å²) >= 11 is 1.48. The van der Waals surface area contributed by atoms with Crippen LogP contribution in [0.15, 0.2) is 24.5 Å². The van der Waals surface area contributed by atoms with Crippen LogP contribution in [0, 0.1) is 6.92 Å². The van der Waals surface area contributed by atoms with Crippen LogP contribution in [0.2, 0.25) is 0 Å². The first kappa shape index (κ1) is 17.7. The van der Waals surface area contributed by atoms with Gasteiger partial charge in [-0.05, 0) is 25.5 Å². The smallest absolute Gasteiger partial charge is 0.323 e. The van der Waals surface area contributed by atoms with E-state index in [9.17, 15) is 9.18 Å². The molecule has 1 aliphatic rings. The van der Waals surface area contributed by atoms with Gasteiger partial charge in [0.25, 0.3) is 0 Å². The maximum Gasteiger partial charge on any atom is 0.323 e. The van der Waals surface area contributed by atoms with Crippen molar-refractivity contribution in [3.8, 4) is 10.6 Å². The monoisotopic (exact) mass is 387 g/mol. The summed E-state index contributed by atoms with van der Waals surface area (Å²) in [6, 6.07) is 2.76. The Morgan fingerprint density at radius 1 is 1.33 bits per heavy atom. The van der Waals surface area contributed by atoms with Gasteiger partial charge in [-0.25, -0.2) is 14.2 Å². The molecule has 2 atom stereocenters. The van der Waals surface area contributed by atoms with Gasteiger partial charge in [0.15, 0.2) is 0 Å². The fourth-order valence-corrected chi connectivity index (χ4v) is 3.60. The van der Waals surface area contributed by atoms with Crippen LogP contribution < -0.4 is 11.1 Å². The molecule has 0 aromatic carbocycles. The third kappa shape index (κ3) is 3.71. The number of pyridine rings is 2. The number of urea groups is 1. The Balaban J connectivity index is 1.54. The van der Waals surface area contributed by atoms with Gasteiger partial charge in [-0.3, -0.25) is 10.3 Å². The number of aryl methyl sites for hydroxylation is 1. The number of nitrogens with zero attached hydrogens (tertiary/aromatic N) is 5. The van der Waals surface area contributed by atoms with Gasteiger partial charge in [0.05, 0.1) is 18.3 Å². The van der Waals surface area contributed by atoms with Crippen LogP contribution >= 0.6 is 11.3 Å². The minimum Gasteiger partial charge on any atom is -0.325 e. The zero-order chi connectivity index (χ0) is 19.0. The number of anilines is 1. The molecule has 0 spiro atoms. The topological polar surface area (TPSA) is 110 Å². The number of hydrogen-bond acceptors (Lipinski definition) is 7. The van der Waals surface area contributed by atoms with E-state index in [0.717, 1.165) is 21.0 Å². The number of nitrogens with two attached hydrogens (primary N) is 1. The van der Waals surface area contributed by atoms with E-state index in [2.05, 4.69) is 25.5 Å². The van der Waals surface area contributed by atoms with E-state index in [1.54, 1.807) is 18.5 Å². The lowest BCUT2D eigenvalue weighted by molar-refractivity contribution is 0.137.